The summed E-state index contributed by atoms with van der Waals surface area (Å²) < 4.78 is 5.76. The Balaban J connectivity index is 2.60. The number of aliphatic imine (C=N–C) groups is 1. The highest BCUT2D eigenvalue weighted by atomic mass is 16.4. The van der Waals surface area contributed by atoms with Gasteiger partial charge in [0.05, 0.1) is 6.20 Å². The second kappa shape index (κ2) is 7.65. The summed E-state index contributed by atoms with van der Waals surface area (Å²) >= 11 is 0. The van der Waals surface area contributed by atoms with E-state index < -0.39 is 0 Å². The van der Waals surface area contributed by atoms with Crippen LogP contribution in [0.15, 0.2) is 15.6 Å². The van der Waals surface area contributed by atoms with Crippen LogP contribution in [-0.2, 0) is 12.0 Å². The predicted octanol–water partition coefficient (Wildman–Crippen LogP) is 3.46. The molecule has 0 aromatic carbocycles. The molecule has 126 valence electrons. The molecular weight excluding hydrogens is 276 g/mol. The van der Waals surface area contributed by atoms with Crippen molar-refractivity contribution in [3.8, 4) is 0 Å². The highest BCUT2D eigenvalue weighted by Gasteiger charge is 2.19. The third-order valence-corrected chi connectivity index (χ3v) is 3.18. The summed E-state index contributed by atoms with van der Waals surface area (Å²) in [5.41, 5.74) is 0.291. The lowest BCUT2D eigenvalue weighted by Crippen LogP contribution is -2.38. The summed E-state index contributed by atoms with van der Waals surface area (Å²) in [5.74, 6) is 2.35. The van der Waals surface area contributed by atoms with Gasteiger partial charge in [-0.2, -0.15) is 0 Å². The van der Waals surface area contributed by atoms with E-state index in [-0.39, 0.29) is 5.41 Å². The number of aromatic nitrogens is 1. The van der Waals surface area contributed by atoms with Crippen LogP contribution < -0.4 is 10.6 Å². The summed E-state index contributed by atoms with van der Waals surface area (Å²) in [7, 11) is 0. The van der Waals surface area contributed by atoms with Gasteiger partial charge in [-0.15, -0.1) is 0 Å². The SMILES string of the molecule is CCNC(=NCc1ncc(C(C)(C)C)o1)NCCC(C)(C)C. The lowest BCUT2D eigenvalue weighted by Gasteiger charge is -2.19. The van der Waals surface area contributed by atoms with Crippen molar-refractivity contribution in [2.24, 2.45) is 10.4 Å². The monoisotopic (exact) mass is 308 g/mol. The van der Waals surface area contributed by atoms with E-state index in [1.807, 2.05) is 0 Å². The number of hydrogen-bond acceptors (Lipinski definition) is 3. The Morgan fingerprint density at radius 2 is 1.86 bits per heavy atom. The van der Waals surface area contributed by atoms with Gasteiger partial charge >= 0.3 is 0 Å². The average Bonchev–Trinajstić information content (AvgIpc) is 2.83. The van der Waals surface area contributed by atoms with Crippen molar-refractivity contribution in [2.45, 2.75) is 66.8 Å². The van der Waals surface area contributed by atoms with Crippen LogP contribution in [0.2, 0.25) is 0 Å². The van der Waals surface area contributed by atoms with Crippen molar-refractivity contribution >= 4 is 5.96 Å². The Morgan fingerprint density at radius 1 is 1.18 bits per heavy atom. The number of guanidine groups is 1. The van der Waals surface area contributed by atoms with Gasteiger partial charge in [0.15, 0.2) is 5.96 Å². The molecule has 22 heavy (non-hydrogen) atoms. The van der Waals surface area contributed by atoms with Crippen LogP contribution in [0.25, 0.3) is 0 Å². The van der Waals surface area contributed by atoms with Crippen LogP contribution in [0.5, 0.6) is 0 Å². The third kappa shape index (κ3) is 6.96. The molecule has 0 bridgehead atoms. The van der Waals surface area contributed by atoms with E-state index in [9.17, 15) is 0 Å². The zero-order valence-electron chi connectivity index (χ0n) is 15.2. The first kappa shape index (κ1) is 18.5. The van der Waals surface area contributed by atoms with Crippen LogP contribution in [0, 0.1) is 5.41 Å². The van der Waals surface area contributed by atoms with Crippen molar-refractivity contribution < 1.29 is 4.42 Å². The van der Waals surface area contributed by atoms with Crippen molar-refractivity contribution in [3.63, 3.8) is 0 Å². The molecule has 5 heteroatoms. The van der Waals surface area contributed by atoms with E-state index in [0.717, 1.165) is 31.2 Å². The molecular formula is C17H32N4O. The molecule has 5 nitrogen and oxygen atoms in total. The molecule has 0 radical (unpaired) electrons. The molecule has 1 heterocycles. The van der Waals surface area contributed by atoms with Crippen molar-refractivity contribution in [1.82, 2.24) is 15.6 Å². The van der Waals surface area contributed by atoms with Crippen LogP contribution in [0.3, 0.4) is 0 Å². The van der Waals surface area contributed by atoms with Crippen LogP contribution in [-0.4, -0.2) is 24.0 Å². The second-order valence-corrected chi connectivity index (χ2v) is 7.80. The maximum Gasteiger partial charge on any atom is 0.216 e. The first-order valence-corrected chi connectivity index (χ1v) is 8.09. The fourth-order valence-electron chi connectivity index (χ4n) is 1.77. The minimum absolute atomic E-state index is 0.0234. The fraction of sp³-hybridized carbons (Fsp3) is 0.765. The number of nitrogens with zero attached hydrogens (tertiary/aromatic N) is 2. The Kier molecular flexibility index (Phi) is 6.45. The van der Waals surface area contributed by atoms with Crippen LogP contribution >= 0.6 is 0 Å². The first-order chi connectivity index (χ1) is 10.1. The standard InChI is InChI=1S/C17H32N4O/c1-8-18-15(19-10-9-16(2,3)4)21-12-14-20-11-13(22-14)17(5,6)7/h11H,8-10,12H2,1-7H3,(H2,18,19,21). The van der Waals surface area contributed by atoms with Crippen LogP contribution in [0.1, 0.15) is 66.5 Å². The van der Waals surface area contributed by atoms with Gasteiger partial charge in [-0.05, 0) is 18.8 Å². The molecule has 0 atom stereocenters. The van der Waals surface area contributed by atoms with E-state index in [0.29, 0.717) is 17.9 Å². The molecule has 0 fully saturated rings. The second-order valence-electron chi connectivity index (χ2n) is 7.80. The Labute approximate surface area is 135 Å². The number of oxazole rings is 1. The molecule has 2 N–H and O–H groups in total. The maximum absolute atomic E-state index is 5.76. The maximum atomic E-state index is 5.76. The number of nitrogens with one attached hydrogen (secondary N) is 2. The largest absolute Gasteiger partial charge is 0.443 e. The molecule has 1 rings (SSSR count). The zero-order valence-corrected chi connectivity index (χ0v) is 15.2. The molecule has 0 aliphatic rings. The Hall–Kier alpha value is -1.52. The van der Waals surface area contributed by atoms with Crippen LogP contribution in [0.4, 0.5) is 0 Å². The summed E-state index contributed by atoms with van der Waals surface area (Å²) in [6, 6.07) is 0. The van der Waals surface area contributed by atoms with E-state index in [4.69, 9.17) is 4.42 Å². The molecule has 0 saturated carbocycles. The fourth-order valence-corrected chi connectivity index (χ4v) is 1.77. The number of rotatable bonds is 5. The molecule has 0 spiro atoms. The van der Waals surface area contributed by atoms with Gasteiger partial charge in [0.2, 0.25) is 5.89 Å². The quantitative estimate of drug-likeness (QED) is 0.646. The van der Waals surface area contributed by atoms with E-state index >= 15 is 0 Å². The van der Waals surface area contributed by atoms with Gasteiger partial charge in [-0.1, -0.05) is 41.5 Å². The highest BCUT2D eigenvalue weighted by Crippen LogP contribution is 2.22. The van der Waals surface area contributed by atoms with Gasteiger partial charge in [-0.25, -0.2) is 9.98 Å². The summed E-state index contributed by atoms with van der Waals surface area (Å²) in [6.07, 6.45) is 2.88. The van der Waals surface area contributed by atoms with E-state index in [1.165, 1.54) is 0 Å². The summed E-state index contributed by atoms with van der Waals surface area (Å²) in [5, 5.41) is 6.60. The summed E-state index contributed by atoms with van der Waals surface area (Å²) in [4.78, 5) is 8.84. The first-order valence-electron chi connectivity index (χ1n) is 8.09. The van der Waals surface area contributed by atoms with Crippen molar-refractivity contribution in [2.75, 3.05) is 13.1 Å². The molecule has 1 aromatic rings. The lowest BCUT2D eigenvalue weighted by atomic mass is 9.92. The summed E-state index contributed by atoms with van der Waals surface area (Å²) in [6.45, 7) is 17.3. The van der Waals surface area contributed by atoms with Gasteiger partial charge in [0.1, 0.15) is 12.3 Å². The smallest absolute Gasteiger partial charge is 0.216 e. The topological polar surface area (TPSA) is 62.5 Å². The minimum atomic E-state index is -0.0234. The van der Waals surface area contributed by atoms with Gasteiger partial charge in [0.25, 0.3) is 0 Å². The number of hydrogen-bond donors (Lipinski definition) is 2. The zero-order chi connectivity index (χ0) is 16.8. The van der Waals surface area contributed by atoms with Gasteiger partial charge < -0.3 is 15.1 Å². The average molecular weight is 308 g/mol. The molecule has 1 aromatic heterocycles. The minimum Gasteiger partial charge on any atom is -0.443 e. The molecule has 0 amide bonds. The Morgan fingerprint density at radius 3 is 2.36 bits per heavy atom. The van der Waals surface area contributed by atoms with Crippen molar-refractivity contribution in [1.29, 1.82) is 0 Å². The molecule has 0 unspecified atom stereocenters. The van der Waals surface area contributed by atoms with Gasteiger partial charge in [0, 0.05) is 18.5 Å². The lowest BCUT2D eigenvalue weighted by molar-refractivity contribution is 0.376. The third-order valence-electron chi connectivity index (χ3n) is 3.18. The van der Waals surface area contributed by atoms with Crippen molar-refractivity contribution in [3.05, 3.63) is 17.8 Å². The highest BCUT2D eigenvalue weighted by molar-refractivity contribution is 5.79. The molecule has 0 saturated heterocycles. The molecule has 0 aliphatic carbocycles. The Bertz CT molecular complexity index is 478. The predicted molar refractivity (Wildman–Crippen MR) is 92.1 cm³/mol. The molecule has 0 aliphatic heterocycles. The van der Waals surface area contributed by atoms with E-state index in [1.54, 1.807) is 6.20 Å². The van der Waals surface area contributed by atoms with E-state index in [2.05, 4.69) is 69.1 Å². The van der Waals surface area contributed by atoms with Gasteiger partial charge in [-0.3, -0.25) is 0 Å². The normalized spacial score (nSPS) is 13.3.